The molecule has 5 aliphatic carbocycles. The lowest BCUT2D eigenvalue weighted by atomic mass is 9.56. The highest BCUT2D eigenvalue weighted by Gasteiger charge is 2.61. The number of allylic oxidation sites excluding steroid dienone is 2. The third kappa shape index (κ3) is 3.47. The van der Waals surface area contributed by atoms with Crippen molar-refractivity contribution in [1.82, 2.24) is 4.90 Å². The second-order valence-electron chi connectivity index (χ2n) is 14.8. The van der Waals surface area contributed by atoms with Crippen molar-refractivity contribution in [3.05, 3.63) is 22.8 Å². The second kappa shape index (κ2) is 8.68. The molecule has 7 aliphatic rings. The fraction of sp³-hybridized carbons (Fsp3) is 0.879. The first-order valence-corrected chi connectivity index (χ1v) is 15.8. The number of hydrogen-bond donors (Lipinski definition) is 1. The van der Waals surface area contributed by atoms with Gasteiger partial charge in [0.05, 0.1) is 17.8 Å². The van der Waals surface area contributed by atoms with Gasteiger partial charge in [-0.15, -0.1) is 0 Å². The first-order chi connectivity index (χ1) is 17.3. The second-order valence-corrected chi connectivity index (χ2v) is 14.8. The molecule has 3 heteroatoms. The summed E-state index contributed by atoms with van der Waals surface area (Å²) >= 11 is 0. The molecule has 3 saturated carbocycles. The van der Waals surface area contributed by atoms with Crippen LogP contribution in [0.5, 0.6) is 0 Å². The Labute approximate surface area is 220 Å². The van der Waals surface area contributed by atoms with Crippen molar-refractivity contribution in [3.8, 4) is 0 Å². The number of ether oxygens (including phenoxy) is 1. The van der Waals surface area contributed by atoms with Gasteiger partial charge in [0.1, 0.15) is 0 Å². The third-order valence-corrected chi connectivity index (χ3v) is 13.1. The fourth-order valence-electron chi connectivity index (χ4n) is 11.2. The van der Waals surface area contributed by atoms with E-state index in [9.17, 15) is 5.11 Å². The Kier molecular flexibility index (Phi) is 5.89. The highest BCUT2D eigenvalue weighted by Crippen LogP contribution is 2.65. The molecule has 200 valence electrons. The maximum Gasteiger partial charge on any atom is 0.0937 e. The molecular weight excluding hydrogens is 442 g/mol. The van der Waals surface area contributed by atoms with Crippen LogP contribution in [0.15, 0.2) is 22.8 Å². The Morgan fingerprint density at radius 3 is 2.69 bits per heavy atom. The number of fused-ring (bicyclic) bond motifs is 6. The smallest absolute Gasteiger partial charge is 0.0937 e. The predicted molar refractivity (Wildman–Crippen MR) is 146 cm³/mol. The van der Waals surface area contributed by atoms with Crippen molar-refractivity contribution in [2.24, 2.45) is 40.9 Å². The molecule has 3 nitrogen and oxygen atoms in total. The summed E-state index contributed by atoms with van der Waals surface area (Å²) in [5.41, 5.74) is 5.33. The van der Waals surface area contributed by atoms with Gasteiger partial charge in [0.25, 0.3) is 0 Å². The summed E-state index contributed by atoms with van der Waals surface area (Å²) < 4.78 is 7.35. The molecule has 7 rings (SSSR count). The summed E-state index contributed by atoms with van der Waals surface area (Å²) in [5.74, 6) is 4.63. The molecule has 1 N–H and O–H groups in total. The average molecular weight is 494 g/mol. The molecule has 0 amide bonds. The highest BCUT2D eigenvalue weighted by atomic mass is 16.5. The Bertz CT molecular complexity index is 947. The van der Waals surface area contributed by atoms with Gasteiger partial charge in [0.2, 0.25) is 0 Å². The Balaban J connectivity index is 1.18. The molecule has 2 heterocycles. The molecule has 2 saturated heterocycles. The van der Waals surface area contributed by atoms with Crippen LogP contribution in [0.4, 0.5) is 0 Å². The maximum atomic E-state index is 10.4. The van der Waals surface area contributed by atoms with Crippen LogP contribution in [0, 0.1) is 40.9 Å². The number of nitrogens with zero attached hydrogens (tertiary/aromatic N) is 1. The molecule has 0 aromatic rings. The van der Waals surface area contributed by atoms with Crippen molar-refractivity contribution < 1.29 is 9.84 Å². The van der Waals surface area contributed by atoms with Crippen LogP contribution in [0.3, 0.4) is 0 Å². The molecule has 10 atom stereocenters. The maximum absolute atomic E-state index is 10.4. The first-order valence-electron chi connectivity index (χ1n) is 15.8. The molecule has 36 heavy (non-hydrogen) atoms. The topological polar surface area (TPSA) is 32.7 Å². The van der Waals surface area contributed by atoms with Crippen LogP contribution in [0.25, 0.3) is 0 Å². The summed E-state index contributed by atoms with van der Waals surface area (Å²) in [6.07, 6.45) is 18.1. The van der Waals surface area contributed by atoms with E-state index in [0.717, 1.165) is 42.4 Å². The highest BCUT2D eigenvalue weighted by molar-refractivity contribution is 5.38. The van der Waals surface area contributed by atoms with Gasteiger partial charge < -0.3 is 9.84 Å². The number of aliphatic hydroxyl groups excluding tert-OH is 1. The van der Waals surface area contributed by atoms with Gasteiger partial charge in [-0.05, 0) is 112 Å². The van der Waals surface area contributed by atoms with Gasteiger partial charge >= 0.3 is 0 Å². The van der Waals surface area contributed by atoms with Crippen LogP contribution in [0.2, 0.25) is 0 Å². The number of piperidine rings is 1. The summed E-state index contributed by atoms with van der Waals surface area (Å²) in [4.78, 5) is 2.91. The van der Waals surface area contributed by atoms with E-state index < -0.39 is 0 Å². The number of rotatable bonds is 2. The van der Waals surface area contributed by atoms with E-state index in [1.165, 1.54) is 77.3 Å². The Hall–Kier alpha value is -0.640. The van der Waals surface area contributed by atoms with Crippen molar-refractivity contribution in [3.63, 3.8) is 0 Å². The lowest BCUT2D eigenvalue weighted by Gasteiger charge is -2.49. The monoisotopic (exact) mass is 493 g/mol. The minimum Gasteiger partial charge on any atom is -0.393 e. The minimum atomic E-state index is -0.112. The minimum absolute atomic E-state index is 0.0213. The van der Waals surface area contributed by atoms with Crippen LogP contribution < -0.4 is 0 Å². The molecule has 0 aromatic carbocycles. The normalized spacial score (nSPS) is 51.2. The lowest BCUT2D eigenvalue weighted by Crippen LogP contribution is -2.53. The SMILES string of the molecule is CC1=C2C[C@H]3[C@@H](CC=C4C[C@@H](O)CC[C@@]43C)[C@@H]2CC[C@]12O[C@@H]1C[C@H](C)CN(CC3CCCC3)[C@H]1[C@H]2C. The molecule has 2 aliphatic heterocycles. The molecule has 0 radical (unpaired) electrons. The number of aliphatic hydroxyl groups is 1. The molecule has 0 bridgehead atoms. The van der Waals surface area contributed by atoms with Crippen LogP contribution in [0.1, 0.15) is 105 Å². The van der Waals surface area contributed by atoms with E-state index >= 15 is 0 Å². The molecule has 5 fully saturated rings. The molecule has 0 aromatic heterocycles. The van der Waals surface area contributed by atoms with E-state index in [-0.39, 0.29) is 11.7 Å². The first kappa shape index (κ1) is 24.4. The van der Waals surface area contributed by atoms with Crippen molar-refractivity contribution in [2.45, 2.75) is 129 Å². The van der Waals surface area contributed by atoms with Gasteiger partial charge in [-0.1, -0.05) is 50.8 Å². The van der Waals surface area contributed by atoms with E-state index in [2.05, 4.69) is 38.7 Å². The van der Waals surface area contributed by atoms with Crippen LogP contribution in [-0.4, -0.2) is 46.9 Å². The predicted octanol–water partition coefficient (Wildman–Crippen LogP) is 6.90. The van der Waals surface area contributed by atoms with Crippen molar-refractivity contribution in [2.75, 3.05) is 13.1 Å². The van der Waals surface area contributed by atoms with Gasteiger partial charge in [0.15, 0.2) is 0 Å². The zero-order chi connectivity index (χ0) is 24.8. The average Bonchev–Trinajstić information content (AvgIpc) is 3.55. The Morgan fingerprint density at radius 2 is 1.89 bits per heavy atom. The fourth-order valence-corrected chi connectivity index (χ4v) is 11.2. The number of likely N-dealkylation sites (tertiary alicyclic amines) is 1. The van der Waals surface area contributed by atoms with E-state index in [0.29, 0.717) is 23.5 Å². The van der Waals surface area contributed by atoms with Crippen molar-refractivity contribution >= 4 is 0 Å². The van der Waals surface area contributed by atoms with Crippen LogP contribution >= 0.6 is 0 Å². The van der Waals surface area contributed by atoms with E-state index in [4.69, 9.17) is 4.74 Å². The summed E-state index contributed by atoms with van der Waals surface area (Å²) in [6.45, 7) is 12.7. The summed E-state index contributed by atoms with van der Waals surface area (Å²) in [7, 11) is 0. The lowest BCUT2D eigenvalue weighted by molar-refractivity contribution is -0.0659. The molecule has 1 spiro atoms. The summed E-state index contributed by atoms with van der Waals surface area (Å²) in [6, 6.07) is 0.614. The summed E-state index contributed by atoms with van der Waals surface area (Å²) in [5, 5.41) is 10.4. The third-order valence-electron chi connectivity index (χ3n) is 13.1. The van der Waals surface area contributed by atoms with Gasteiger partial charge in [-0.3, -0.25) is 4.90 Å². The van der Waals surface area contributed by atoms with Crippen molar-refractivity contribution in [1.29, 1.82) is 0 Å². The molecule has 0 unspecified atom stereocenters. The van der Waals surface area contributed by atoms with Gasteiger partial charge in [0, 0.05) is 25.0 Å². The zero-order valence-electron chi connectivity index (χ0n) is 23.5. The standard InChI is InChI=1S/C33H51NO2/c1-20-15-30-31(34(18-20)19-23-7-5-6-8-23)22(3)33(36-30)14-12-26-27-10-9-24-16-25(35)11-13-32(24,4)29(27)17-28(26)21(33)2/h9,20,22-23,25-27,29-31,35H,5-8,10-19H2,1-4H3/t20-,22+,25-,26-,27-,29-,30+,31-,32-,33-/m0/s1. The van der Waals surface area contributed by atoms with Crippen LogP contribution in [-0.2, 0) is 4.74 Å². The Morgan fingerprint density at radius 1 is 1.08 bits per heavy atom. The van der Waals surface area contributed by atoms with E-state index in [1.807, 2.05) is 0 Å². The zero-order valence-corrected chi connectivity index (χ0v) is 23.5. The number of hydrogen-bond acceptors (Lipinski definition) is 3. The molecular formula is C33H51NO2. The largest absolute Gasteiger partial charge is 0.393 e. The van der Waals surface area contributed by atoms with Gasteiger partial charge in [-0.2, -0.15) is 0 Å². The van der Waals surface area contributed by atoms with Gasteiger partial charge in [-0.25, -0.2) is 0 Å². The quantitative estimate of drug-likeness (QED) is 0.425. The van der Waals surface area contributed by atoms with E-state index in [1.54, 1.807) is 16.7 Å².